The van der Waals surface area contributed by atoms with E-state index in [0.29, 0.717) is 23.7 Å². The molecule has 0 aliphatic heterocycles. The fourth-order valence-corrected chi connectivity index (χ4v) is 1.84. The first kappa shape index (κ1) is 12.6. The molecular formula is C11H15ClN6. The molecule has 0 aliphatic rings. The minimum Gasteiger partial charge on any atom is -0.394 e. The first-order valence-electron chi connectivity index (χ1n) is 5.60. The molecule has 0 saturated heterocycles. The number of aromatic nitrogens is 4. The van der Waals surface area contributed by atoms with Crippen molar-refractivity contribution in [1.82, 2.24) is 19.7 Å². The van der Waals surface area contributed by atoms with E-state index in [2.05, 4.69) is 20.4 Å². The molecular weight excluding hydrogens is 252 g/mol. The van der Waals surface area contributed by atoms with Gasteiger partial charge in [-0.2, -0.15) is 10.1 Å². The van der Waals surface area contributed by atoms with Gasteiger partial charge in [0.05, 0.1) is 17.9 Å². The number of nitrogens with zero attached hydrogens (tertiary/aromatic N) is 4. The zero-order chi connectivity index (χ0) is 13.1. The van der Waals surface area contributed by atoms with Crippen LogP contribution in [0.15, 0.2) is 18.5 Å². The van der Waals surface area contributed by atoms with Gasteiger partial charge in [-0.15, -0.1) is 0 Å². The van der Waals surface area contributed by atoms with Crippen molar-refractivity contribution in [1.29, 1.82) is 0 Å². The summed E-state index contributed by atoms with van der Waals surface area (Å²) in [6, 6.07) is 2.00. The molecule has 3 N–H and O–H groups in total. The van der Waals surface area contributed by atoms with E-state index in [1.165, 1.54) is 0 Å². The number of aryl methyl sites for hydroxylation is 1. The molecule has 6 nitrogen and oxygen atoms in total. The third-order valence-electron chi connectivity index (χ3n) is 2.51. The van der Waals surface area contributed by atoms with Crippen molar-refractivity contribution in [3.8, 4) is 0 Å². The lowest BCUT2D eigenvalue weighted by atomic mass is 10.3. The lowest BCUT2D eigenvalue weighted by molar-refractivity contribution is 0.560. The monoisotopic (exact) mass is 266 g/mol. The average Bonchev–Trinajstić information content (AvgIpc) is 2.77. The number of hydrogen-bond acceptors (Lipinski definition) is 5. The van der Waals surface area contributed by atoms with Crippen LogP contribution in [0, 0.1) is 6.92 Å². The molecule has 0 fully saturated rings. The highest BCUT2D eigenvalue weighted by Crippen LogP contribution is 2.21. The summed E-state index contributed by atoms with van der Waals surface area (Å²) in [6.45, 7) is 4.53. The Kier molecular flexibility index (Phi) is 3.66. The lowest BCUT2D eigenvalue weighted by Gasteiger charge is -2.16. The Bertz CT molecular complexity index is 525. The maximum Gasteiger partial charge on any atom is 0.224 e. The number of anilines is 2. The predicted octanol–water partition coefficient (Wildman–Crippen LogP) is 1.72. The number of hydrogen-bond donors (Lipinski definition) is 2. The molecule has 1 atom stereocenters. The number of nitrogen functional groups attached to an aromatic ring is 1. The Balaban J connectivity index is 2.09. The van der Waals surface area contributed by atoms with Gasteiger partial charge in [-0.1, -0.05) is 0 Å². The minimum atomic E-state index is 0.123. The highest BCUT2D eigenvalue weighted by atomic mass is 35.5. The number of rotatable bonds is 4. The molecule has 0 radical (unpaired) electrons. The van der Waals surface area contributed by atoms with Gasteiger partial charge in [-0.3, -0.25) is 4.68 Å². The molecule has 2 aromatic heterocycles. The van der Waals surface area contributed by atoms with Crippen LogP contribution in [0.3, 0.4) is 0 Å². The van der Waals surface area contributed by atoms with Crippen molar-refractivity contribution < 1.29 is 0 Å². The van der Waals surface area contributed by atoms with Crippen LogP contribution < -0.4 is 11.1 Å². The Morgan fingerprint density at radius 3 is 2.94 bits per heavy atom. The van der Waals surface area contributed by atoms with Crippen LogP contribution in [-0.2, 0) is 6.54 Å². The lowest BCUT2D eigenvalue weighted by Crippen LogP contribution is -2.23. The number of nitrogens with two attached hydrogens (primary N) is 1. The number of nitrogens with one attached hydrogen (secondary N) is 1. The summed E-state index contributed by atoms with van der Waals surface area (Å²) < 4.78 is 1.84. The molecule has 96 valence electrons. The Hall–Kier alpha value is -1.82. The van der Waals surface area contributed by atoms with E-state index in [9.17, 15) is 0 Å². The molecule has 2 aromatic rings. The Morgan fingerprint density at radius 2 is 2.28 bits per heavy atom. The van der Waals surface area contributed by atoms with E-state index in [1.54, 1.807) is 13.1 Å². The maximum atomic E-state index is 5.90. The smallest absolute Gasteiger partial charge is 0.224 e. The second kappa shape index (κ2) is 5.22. The van der Waals surface area contributed by atoms with Crippen LogP contribution >= 0.6 is 11.6 Å². The van der Waals surface area contributed by atoms with Crippen LogP contribution in [0.1, 0.15) is 12.6 Å². The van der Waals surface area contributed by atoms with Gasteiger partial charge in [-0.05, 0) is 31.5 Å². The fraction of sp³-hybridized carbons (Fsp3) is 0.364. The van der Waals surface area contributed by atoms with E-state index >= 15 is 0 Å². The summed E-state index contributed by atoms with van der Waals surface area (Å²) in [5.41, 5.74) is 7.09. The van der Waals surface area contributed by atoms with Crippen molar-refractivity contribution in [3.05, 3.63) is 29.4 Å². The zero-order valence-corrected chi connectivity index (χ0v) is 11.0. The first-order valence-corrected chi connectivity index (χ1v) is 5.97. The van der Waals surface area contributed by atoms with E-state index in [1.807, 2.05) is 23.9 Å². The van der Waals surface area contributed by atoms with Gasteiger partial charge in [0.1, 0.15) is 0 Å². The molecule has 0 aromatic carbocycles. The molecule has 0 aliphatic carbocycles. The van der Waals surface area contributed by atoms with Crippen molar-refractivity contribution in [2.75, 3.05) is 11.1 Å². The highest BCUT2D eigenvalue weighted by Gasteiger charge is 2.11. The summed E-state index contributed by atoms with van der Waals surface area (Å²) in [5, 5.41) is 7.54. The van der Waals surface area contributed by atoms with Crippen molar-refractivity contribution in [2.45, 2.75) is 26.4 Å². The van der Waals surface area contributed by atoms with Crippen molar-refractivity contribution in [2.24, 2.45) is 0 Å². The van der Waals surface area contributed by atoms with Gasteiger partial charge < -0.3 is 11.1 Å². The second-order valence-electron chi connectivity index (χ2n) is 4.11. The Labute approximate surface area is 110 Å². The van der Waals surface area contributed by atoms with Crippen LogP contribution in [0.5, 0.6) is 0 Å². The van der Waals surface area contributed by atoms with E-state index in [4.69, 9.17) is 17.3 Å². The summed E-state index contributed by atoms with van der Waals surface area (Å²) in [4.78, 5) is 8.08. The van der Waals surface area contributed by atoms with Crippen molar-refractivity contribution in [3.63, 3.8) is 0 Å². The second-order valence-corrected chi connectivity index (χ2v) is 4.45. The summed E-state index contributed by atoms with van der Waals surface area (Å²) in [6.07, 6.45) is 3.65. The standard InChI is InChI=1S/C11H15ClN6/c1-7(6-18-5-3-4-14-18)15-10-9(13)8(2)16-11(12)17-10/h3-5,7H,6,13H2,1-2H3,(H,15,16,17). The van der Waals surface area contributed by atoms with E-state index in [0.717, 1.165) is 0 Å². The molecule has 2 rings (SSSR count). The predicted molar refractivity (Wildman–Crippen MR) is 71.5 cm³/mol. The first-order chi connectivity index (χ1) is 8.56. The summed E-state index contributed by atoms with van der Waals surface area (Å²) in [7, 11) is 0. The summed E-state index contributed by atoms with van der Waals surface area (Å²) >= 11 is 5.81. The maximum absolute atomic E-state index is 5.90. The molecule has 0 amide bonds. The zero-order valence-electron chi connectivity index (χ0n) is 10.3. The third kappa shape index (κ3) is 2.89. The SMILES string of the molecule is Cc1nc(Cl)nc(NC(C)Cn2cccn2)c1N. The quantitative estimate of drug-likeness (QED) is 0.824. The fourth-order valence-electron chi connectivity index (χ4n) is 1.63. The highest BCUT2D eigenvalue weighted by molar-refractivity contribution is 6.28. The van der Waals surface area contributed by atoms with Gasteiger partial charge in [-0.25, -0.2) is 4.98 Å². The van der Waals surface area contributed by atoms with Gasteiger partial charge in [0, 0.05) is 18.4 Å². The topological polar surface area (TPSA) is 81.7 Å². The van der Waals surface area contributed by atoms with E-state index in [-0.39, 0.29) is 11.3 Å². The van der Waals surface area contributed by atoms with Gasteiger partial charge in [0.2, 0.25) is 5.28 Å². The summed E-state index contributed by atoms with van der Waals surface area (Å²) in [5.74, 6) is 0.562. The minimum absolute atomic E-state index is 0.123. The van der Waals surface area contributed by atoms with Crippen LogP contribution in [-0.4, -0.2) is 25.8 Å². The molecule has 18 heavy (non-hydrogen) atoms. The molecule has 1 unspecified atom stereocenters. The van der Waals surface area contributed by atoms with Crippen LogP contribution in [0.25, 0.3) is 0 Å². The normalized spacial score (nSPS) is 12.4. The van der Waals surface area contributed by atoms with Crippen molar-refractivity contribution >= 4 is 23.1 Å². The molecule has 0 spiro atoms. The van der Waals surface area contributed by atoms with Gasteiger partial charge in [0.15, 0.2) is 5.82 Å². The molecule has 7 heteroatoms. The molecule has 2 heterocycles. The van der Waals surface area contributed by atoms with Gasteiger partial charge >= 0.3 is 0 Å². The van der Waals surface area contributed by atoms with Gasteiger partial charge in [0.25, 0.3) is 0 Å². The largest absolute Gasteiger partial charge is 0.394 e. The third-order valence-corrected chi connectivity index (χ3v) is 2.68. The van der Waals surface area contributed by atoms with Crippen LogP contribution in [0.2, 0.25) is 5.28 Å². The van der Waals surface area contributed by atoms with Crippen LogP contribution in [0.4, 0.5) is 11.5 Å². The number of halogens is 1. The molecule has 0 bridgehead atoms. The van der Waals surface area contributed by atoms with E-state index < -0.39 is 0 Å². The average molecular weight is 267 g/mol. The Morgan fingerprint density at radius 1 is 1.50 bits per heavy atom. The molecule has 0 saturated carbocycles.